The molecule has 0 bridgehead atoms. The zero-order valence-corrected chi connectivity index (χ0v) is 16.4. The van der Waals surface area contributed by atoms with Crippen LogP contribution in [0.1, 0.15) is 39.9 Å². The van der Waals surface area contributed by atoms with Crippen LogP contribution in [-0.4, -0.2) is 37.1 Å². The highest BCUT2D eigenvalue weighted by Crippen LogP contribution is 2.50. The maximum atomic E-state index is 12.9. The molecule has 0 unspecified atom stereocenters. The number of benzene rings is 2. The molecule has 3 atom stereocenters. The van der Waals surface area contributed by atoms with Crippen LogP contribution in [0.3, 0.4) is 0 Å². The molecule has 1 fully saturated rings. The van der Waals surface area contributed by atoms with Crippen LogP contribution >= 0.6 is 11.6 Å². The van der Waals surface area contributed by atoms with E-state index in [1.54, 1.807) is 0 Å². The van der Waals surface area contributed by atoms with Crippen molar-refractivity contribution >= 4 is 23.2 Å². The first-order valence-electron chi connectivity index (χ1n) is 9.90. The fourth-order valence-electron chi connectivity index (χ4n) is 4.68. The Morgan fingerprint density at radius 2 is 1.89 bits per heavy atom. The van der Waals surface area contributed by atoms with Crippen molar-refractivity contribution in [2.75, 3.05) is 31.6 Å². The van der Waals surface area contributed by atoms with Crippen molar-refractivity contribution in [3.05, 3.63) is 76.3 Å². The molecule has 1 amide bonds. The Morgan fingerprint density at radius 3 is 2.68 bits per heavy atom. The maximum Gasteiger partial charge on any atom is 0.254 e. The van der Waals surface area contributed by atoms with E-state index in [0.29, 0.717) is 38.1 Å². The predicted octanol–water partition coefficient (Wildman–Crippen LogP) is 4.64. The topological polar surface area (TPSA) is 41.6 Å². The minimum Gasteiger partial charge on any atom is -0.378 e. The predicted molar refractivity (Wildman–Crippen MR) is 111 cm³/mol. The molecule has 2 heterocycles. The Hall–Kier alpha value is -2.30. The van der Waals surface area contributed by atoms with E-state index >= 15 is 0 Å². The van der Waals surface area contributed by atoms with Gasteiger partial charge in [-0.1, -0.05) is 35.9 Å². The second-order valence-corrected chi connectivity index (χ2v) is 8.17. The van der Waals surface area contributed by atoms with Gasteiger partial charge in [-0.2, -0.15) is 0 Å². The zero-order valence-electron chi connectivity index (χ0n) is 15.6. The van der Waals surface area contributed by atoms with E-state index in [-0.39, 0.29) is 11.9 Å². The quantitative estimate of drug-likeness (QED) is 0.754. The summed E-state index contributed by atoms with van der Waals surface area (Å²) in [7, 11) is 0. The fourth-order valence-corrected chi connectivity index (χ4v) is 4.80. The van der Waals surface area contributed by atoms with Gasteiger partial charge in [-0.3, -0.25) is 4.79 Å². The average Bonchev–Trinajstić information content (AvgIpc) is 3.24. The Balaban J connectivity index is 1.47. The van der Waals surface area contributed by atoms with Crippen LogP contribution in [-0.2, 0) is 4.74 Å². The first-order valence-corrected chi connectivity index (χ1v) is 10.3. The van der Waals surface area contributed by atoms with Gasteiger partial charge in [0, 0.05) is 35.3 Å². The molecule has 2 aromatic rings. The number of carbonyl (C=O) groups is 1. The van der Waals surface area contributed by atoms with Crippen LogP contribution in [0.4, 0.5) is 5.69 Å². The van der Waals surface area contributed by atoms with E-state index in [2.05, 4.69) is 41.7 Å². The Labute approximate surface area is 170 Å². The first-order chi connectivity index (χ1) is 13.7. The van der Waals surface area contributed by atoms with Crippen LogP contribution in [0.25, 0.3) is 0 Å². The molecular formula is C23H23ClN2O2. The molecule has 0 saturated carbocycles. The van der Waals surface area contributed by atoms with Gasteiger partial charge in [-0.05, 0) is 53.8 Å². The van der Waals surface area contributed by atoms with Gasteiger partial charge in [0.15, 0.2) is 0 Å². The number of fused-ring (bicyclic) bond motifs is 3. The molecule has 1 saturated heterocycles. The largest absolute Gasteiger partial charge is 0.378 e. The molecule has 0 radical (unpaired) electrons. The molecule has 1 N–H and O–H groups in total. The van der Waals surface area contributed by atoms with Crippen molar-refractivity contribution in [2.24, 2.45) is 5.92 Å². The number of nitrogens with zero attached hydrogens (tertiary/aromatic N) is 1. The monoisotopic (exact) mass is 394 g/mol. The minimum absolute atomic E-state index is 0.101. The molecule has 2 aliphatic heterocycles. The van der Waals surface area contributed by atoms with Crippen LogP contribution in [0, 0.1) is 5.92 Å². The number of nitrogens with one attached hydrogen (secondary N) is 1. The first kappa shape index (κ1) is 17.8. The Kier molecular flexibility index (Phi) is 4.61. The number of ether oxygens (including phenoxy) is 1. The number of morpholine rings is 1. The van der Waals surface area contributed by atoms with E-state index in [0.717, 1.165) is 22.7 Å². The molecule has 5 rings (SSSR count). The van der Waals surface area contributed by atoms with Crippen molar-refractivity contribution in [3.63, 3.8) is 0 Å². The summed E-state index contributed by atoms with van der Waals surface area (Å²) < 4.78 is 5.37. The van der Waals surface area contributed by atoms with E-state index < -0.39 is 0 Å². The normalized spacial score (nSPS) is 25.8. The van der Waals surface area contributed by atoms with Crippen LogP contribution in [0.15, 0.2) is 54.6 Å². The lowest BCUT2D eigenvalue weighted by Crippen LogP contribution is -2.40. The lowest BCUT2D eigenvalue weighted by molar-refractivity contribution is 0.0303. The number of rotatable bonds is 2. The molecule has 5 heteroatoms. The van der Waals surface area contributed by atoms with Crippen LogP contribution in [0.2, 0.25) is 5.02 Å². The fraction of sp³-hybridized carbons (Fsp3) is 0.348. The highest BCUT2D eigenvalue weighted by Gasteiger charge is 2.38. The Morgan fingerprint density at radius 1 is 1.11 bits per heavy atom. The maximum absolute atomic E-state index is 12.9. The molecule has 1 aliphatic carbocycles. The number of carbonyl (C=O) groups excluding carboxylic acids is 1. The van der Waals surface area contributed by atoms with E-state index in [1.165, 1.54) is 11.1 Å². The van der Waals surface area contributed by atoms with Crippen molar-refractivity contribution in [1.29, 1.82) is 0 Å². The van der Waals surface area contributed by atoms with Crippen molar-refractivity contribution in [2.45, 2.75) is 18.4 Å². The van der Waals surface area contributed by atoms with E-state index in [9.17, 15) is 4.79 Å². The van der Waals surface area contributed by atoms with Gasteiger partial charge in [0.1, 0.15) is 0 Å². The molecule has 2 aromatic carbocycles. The second-order valence-electron chi connectivity index (χ2n) is 7.73. The van der Waals surface area contributed by atoms with Crippen molar-refractivity contribution in [3.8, 4) is 0 Å². The van der Waals surface area contributed by atoms with Gasteiger partial charge in [0.2, 0.25) is 0 Å². The third kappa shape index (κ3) is 3.11. The van der Waals surface area contributed by atoms with Crippen molar-refractivity contribution < 1.29 is 9.53 Å². The van der Waals surface area contributed by atoms with Crippen LogP contribution < -0.4 is 5.32 Å². The molecule has 144 valence electrons. The van der Waals surface area contributed by atoms with E-state index in [4.69, 9.17) is 16.3 Å². The second kappa shape index (κ2) is 7.26. The summed E-state index contributed by atoms with van der Waals surface area (Å²) >= 11 is 6.08. The summed E-state index contributed by atoms with van der Waals surface area (Å²) in [4.78, 5) is 14.8. The van der Waals surface area contributed by atoms with Crippen molar-refractivity contribution in [1.82, 2.24) is 4.90 Å². The summed E-state index contributed by atoms with van der Waals surface area (Å²) in [6, 6.07) is 14.5. The summed E-state index contributed by atoms with van der Waals surface area (Å²) in [5.41, 5.74) is 4.36. The molecule has 0 spiro atoms. The van der Waals surface area contributed by atoms with Gasteiger partial charge >= 0.3 is 0 Å². The number of allylic oxidation sites excluding steroid dienone is 2. The number of amides is 1. The number of hydrogen-bond acceptors (Lipinski definition) is 3. The van der Waals surface area contributed by atoms with E-state index in [1.807, 2.05) is 23.1 Å². The zero-order chi connectivity index (χ0) is 19.1. The van der Waals surface area contributed by atoms with Gasteiger partial charge < -0.3 is 15.0 Å². The molecule has 0 aromatic heterocycles. The Bertz CT molecular complexity index is 919. The van der Waals surface area contributed by atoms with Gasteiger partial charge in [-0.15, -0.1) is 0 Å². The highest BCUT2D eigenvalue weighted by molar-refractivity contribution is 6.30. The minimum atomic E-state index is 0.101. The average molecular weight is 395 g/mol. The lowest BCUT2D eigenvalue weighted by Gasteiger charge is -2.38. The molecular weight excluding hydrogens is 372 g/mol. The van der Waals surface area contributed by atoms with Gasteiger partial charge in [0.05, 0.1) is 19.3 Å². The summed E-state index contributed by atoms with van der Waals surface area (Å²) in [5.74, 6) is 0.876. The molecule has 4 nitrogen and oxygen atoms in total. The third-order valence-electron chi connectivity index (χ3n) is 6.14. The number of halogens is 1. The number of anilines is 1. The third-order valence-corrected chi connectivity index (χ3v) is 6.39. The number of hydrogen-bond donors (Lipinski definition) is 1. The summed E-state index contributed by atoms with van der Waals surface area (Å²) in [6.45, 7) is 2.57. The molecule has 3 aliphatic rings. The molecule has 28 heavy (non-hydrogen) atoms. The summed E-state index contributed by atoms with van der Waals surface area (Å²) in [6.07, 6.45) is 5.60. The standard InChI is InChI=1S/C23H23ClN2O2/c24-17-7-4-15(5-8-17)22-19-3-1-2-18(19)20-14-16(6-9-21(20)25-22)23(27)26-10-12-28-13-11-26/h1-2,4-9,14,18-19,22,25H,3,10-13H2/t18-,19+,22+/m1/s1. The van der Waals surface area contributed by atoms with Gasteiger partial charge in [-0.25, -0.2) is 0 Å². The summed E-state index contributed by atoms with van der Waals surface area (Å²) in [5, 5.41) is 4.48. The SMILES string of the molecule is O=C(c1ccc2c(c1)[C@@H]1C=CC[C@@H]1[C@H](c1ccc(Cl)cc1)N2)N1CCOCC1. The lowest BCUT2D eigenvalue weighted by atomic mass is 9.76. The van der Waals surface area contributed by atoms with Crippen LogP contribution in [0.5, 0.6) is 0 Å². The smallest absolute Gasteiger partial charge is 0.254 e. The highest BCUT2D eigenvalue weighted by atomic mass is 35.5. The van der Waals surface area contributed by atoms with Gasteiger partial charge in [0.25, 0.3) is 5.91 Å².